The fourth-order valence-corrected chi connectivity index (χ4v) is 9.70. The maximum absolute atomic E-state index is 6.01. The zero-order valence-corrected chi connectivity index (χ0v) is 18.5. The van der Waals surface area contributed by atoms with Crippen LogP contribution in [0.3, 0.4) is 0 Å². The standard InChI is InChI=1S/C15H21O3Si.3CH3.Pt/c1-12(2)16-19(17-13(3)4,18-14(5)6)11-15-9-7-8-10-15;;;;/h7,9H,1,3,5,8,11H2,2,4,6H3;3*1H3;. The first-order valence-corrected chi connectivity index (χ1v) is 17.1. The molecule has 23 heavy (non-hydrogen) atoms. The van der Waals surface area contributed by atoms with E-state index in [4.69, 9.17) is 13.3 Å². The van der Waals surface area contributed by atoms with Crippen molar-refractivity contribution in [3.63, 3.8) is 0 Å². The Morgan fingerprint density at radius 1 is 1.00 bits per heavy atom. The van der Waals surface area contributed by atoms with Crippen LogP contribution in [0, 0.1) is 0 Å². The first-order valence-electron chi connectivity index (χ1n) is 7.23. The summed E-state index contributed by atoms with van der Waals surface area (Å²) >= 11 is -1.85. The van der Waals surface area contributed by atoms with Gasteiger partial charge in [0.1, 0.15) is 0 Å². The van der Waals surface area contributed by atoms with Crippen molar-refractivity contribution in [1.82, 2.24) is 0 Å². The van der Waals surface area contributed by atoms with Crippen molar-refractivity contribution in [2.45, 2.75) is 49.2 Å². The van der Waals surface area contributed by atoms with Crippen LogP contribution in [0.2, 0.25) is 22.0 Å². The van der Waals surface area contributed by atoms with Gasteiger partial charge in [0.25, 0.3) is 0 Å². The van der Waals surface area contributed by atoms with Crippen molar-refractivity contribution >= 4 is 8.80 Å². The van der Waals surface area contributed by atoms with Gasteiger partial charge < -0.3 is 0 Å². The first kappa shape index (κ1) is 20.1. The molecule has 0 saturated carbocycles. The van der Waals surface area contributed by atoms with Crippen molar-refractivity contribution in [3.05, 3.63) is 58.7 Å². The molecule has 0 aromatic carbocycles. The van der Waals surface area contributed by atoms with Crippen LogP contribution in [0.1, 0.15) is 27.2 Å². The second-order valence-electron chi connectivity index (χ2n) is 6.19. The van der Waals surface area contributed by atoms with Crippen LogP contribution in [0.25, 0.3) is 0 Å². The number of hydrogen-bond donors (Lipinski definition) is 0. The summed E-state index contributed by atoms with van der Waals surface area (Å²) in [4.78, 5) is 0. The second kappa shape index (κ2) is 7.72. The quantitative estimate of drug-likeness (QED) is 0.274. The third-order valence-electron chi connectivity index (χ3n) is 2.90. The normalized spacial score (nSPS) is 15.4. The van der Waals surface area contributed by atoms with E-state index in [2.05, 4.69) is 47.8 Å². The van der Waals surface area contributed by atoms with E-state index in [-0.39, 0.29) is 0 Å². The van der Waals surface area contributed by atoms with Gasteiger partial charge in [-0.1, -0.05) is 0 Å². The Labute approximate surface area is 146 Å². The van der Waals surface area contributed by atoms with Crippen molar-refractivity contribution < 1.29 is 29.3 Å². The van der Waals surface area contributed by atoms with Gasteiger partial charge in [-0.15, -0.1) is 0 Å². The topological polar surface area (TPSA) is 27.7 Å². The Balaban J connectivity index is 3.26. The van der Waals surface area contributed by atoms with Crippen molar-refractivity contribution in [3.8, 4) is 0 Å². The molecule has 134 valence electrons. The molecule has 1 aliphatic rings. The van der Waals surface area contributed by atoms with Gasteiger partial charge in [-0.25, -0.2) is 0 Å². The molecule has 0 unspecified atom stereocenters. The molecule has 0 fully saturated rings. The Hall–Kier alpha value is -0.995. The van der Waals surface area contributed by atoms with Gasteiger partial charge in [-0.05, 0) is 0 Å². The minimum absolute atomic E-state index is 0.583. The Bertz CT molecular complexity index is 527. The molecule has 0 amide bonds. The average Bonchev–Trinajstić information content (AvgIpc) is 2.72. The van der Waals surface area contributed by atoms with E-state index in [0.717, 1.165) is 6.42 Å². The molecule has 0 heterocycles. The summed E-state index contributed by atoms with van der Waals surface area (Å²) in [6.45, 7) is 17.0. The molecule has 0 aromatic rings. The Kier molecular flexibility index (Phi) is 6.73. The first-order chi connectivity index (χ1) is 10.4. The third kappa shape index (κ3) is 6.19. The van der Waals surface area contributed by atoms with Crippen molar-refractivity contribution in [1.29, 1.82) is 0 Å². The molecule has 5 heteroatoms. The summed E-state index contributed by atoms with van der Waals surface area (Å²) in [5, 5.41) is 7.20. The zero-order valence-electron chi connectivity index (χ0n) is 15.2. The molecular weight excluding hydrogens is 487 g/mol. The summed E-state index contributed by atoms with van der Waals surface area (Å²) in [7, 11) is -3.05. The SMILES string of the molecule is C=C(C)O[Si](CC1=[C]([Pt]([CH3])([CH3])[CH3])CC=C1)(OC(=C)C)OC(=C)C. The van der Waals surface area contributed by atoms with Crippen LogP contribution in [0.15, 0.2) is 58.7 Å². The van der Waals surface area contributed by atoms with Gasteiger partial charge in [0.05, 0.1) is 0 Å². The molecule has 0 aromatic heterocycles. The summed E-state index contributed by atoms with van der Waals surface area (Å²) in [6, 6.07) is 0.617. The molecular formula is C18H30O3PtSi. The summed E-state index contributed by atoms with van der Waals surface area (Å²) in [5.41, 5.74) is 1.30. The van der Waals surface area contributed by atoms with Crippen molar-refractivity contribution in [2.24, 2.45) is 0 Å². The van der Waals surface area contributed by atoms with E-state index < -0.39 is 24.9 Å². The van der Waals surface area contributed by atoms with E-state index in [1.807, 2.05) is 20.8 Å². The summed E-state index contributed by atoms with van der Waals surface area (Å²) in [5.74, 6) is 1.75. The van der Waals surface area contributed by atoms with Gasteiger partial charge in [0.15, 0.2) is 0 Å². The Morgan fingerprint density at radius 3 is 1.78 bits per heavy atom. The van der Waals surface area contributed by atoms with Crippen LogP contribution in [-0.4, -0.2) is 8.80 Å². The van der Waals surface area contributed by atoms with E-state index in [1.54, 1.807) is 3.96 Å². The molecule has 0 saturated heterocycles. The Morgan fingerprint density at radius 2 is 1.43 bits per heavy atom. The van der Waals surface area contributed by atoms with Crippen LogP contribution >= 0.6 is 0 Å². The molecule has 0 radical (unpaired) electrons. The molecule has 0 atom stereocenters. The van der Waals surface area contributed by atoms with Gasteiger partial charge in [-0.2, -0.15) is 0 Å². The number of hydrogen-bond acceptors (Lipinski definition) is 3. The molecule has 1 aliphatic carbocycles. The summed E-state index contributed by atoms with van der Waals surface area (Å²) in [6.07, 6.45) is 5.45. The van der Waals surface area contributed by atoms with Crippen LogP contribution in [0.5, 0.6) is 0 Å². The van der Waals surface area contributed by atoms with Crippen LogP contribution in [0.4, 0.5) is 0 Å². The number of rotatable bonds is 9. The fraction of sp³-hybridized carbons (Fsp3) is 0.444. The van der Waals surface area contributed by atoms with Crippen LogP contribution < -0.4 is 0 Å². The fourth-order valence-electron chi connectivity index (χ4n) is 2.36. The van der Waals surface area contributed by atoms with Gasteiger partial charge in [0, 0.05) is 0 Å². The maximum atomic E-state index is 6.01. The zero-order chi connectivity index (χ0) is 17.8. The average molecular weight is 518 g/mol. The molecule has 3 nitrogen and oxygen atoms in total. The van der Waals surface area contributed by atoms with Gasteiger partial charge >= 0.3 is 146 Å². The van der Waals surface area contributed by atoms with E-state index >= 15 is 0 Å². The van der Waals surface area contributed by atoms with Crippen LogP contribution in [-0.2, 0) is 29.3 Å². The molecule has 0 bridgehead atoms. The van der Waals surface area contributed by atoms with E-state index in [1.165, 1.54) is 5.57 Å². The predicted octanol–water partition coefficient (Wildman–Crippen LogP) is 6.09. The monoisotopic (exact) mass is 517 g/mol. The van der Waals surface area contributed by atoms with E-state index in [9.17, 15) is 0 Å². The number of allylic oxidation sites excluding steroid dienone is 7. The second-order valence-corrected chi connectivity index (χ2v) is 20.1. The van der Waals surface area contributed by atoms with Crippen molar-refractivity contribution in [2.75, 3.05) is 0 Å². The van der Waals surface area contributed by atoms with E-state index in [0.29, 0.717) is 23.3 Å². The minimum atomic E-state index is -3.05. The molecule has 0 N–H and O–H groups in total. The molecule has 0 spiro atoms. The molecule has 0 aliphatic heterocycles. The van der Waals surface area contributed by atoms with Gasteiger partial charge in [-0.3, -0.25) is 0 Å². The molecule has 1 rings (SSSR count). The predicted molar refractivity (Wildman–Crippen MR) is 96.6 cm³/mol. The summed E-state index contributed by atoms with van der Waals surface area (Å²) < 4.78 is 19.6. The third-order valence-corrected chi connectivity index (χ3v) is 11.0. The van der Waals surface area contributed by atoms with Gasteiger partial charge in [0.2, 0.25) is 0 Å².